The molecule has 0 radical (unpaired) electrons. The van der Waals surface area contributed by atoms with Gasteiger partial charge in [-0.05, 0) is 17.9 Å². The lowest BCUT2D eigenvalue weighted by atomic mass is 9.87. The highest BCUT2D eigenvalue weighted by Crippen LogP contribution is 2.56. The van der Waals surface area contributed by atoms with Crippen molar-refractivity contribution in [2.24, 2.45) is 10.8 Å². The van der Waals surface area contributed by atoms with Crippen molar-refractivity contribution < 1.29 is 75.7 Å². The molecule has 2 aromatic heterocycles. The standard InChI is InChI=1S/C26H45N6O16P3/c1-25(2,3)8-11-28-17(33)7-10-30-23(36)21(35)26(4,5)13-45-51(42,43)48-50(40,41)44-12-16-20(47-49(37,38)39)19(34)24(46-16)32-14-31-18-15(27)6-9-29-22(18)32/h6,9,14,16,19-21,24,34-35H,7-8,10-13H2,1-5H3,(H2,27,29)(H,28,33)(H,30,36)(H,40,41)(H,42,43)(H2,37,38,39)/p-4/t16-,19+,20?,21+,24-/m1/s1. The number of imidazole rings is 1. The van der Waals surface area contributed by atoms with E-state index in [2.05, 4.69) is 38.5 Å². The van der Waals surface area contributed by atoms with Crippen LogP contribution in [0.3, 0.4) is 0 Å². The van der Waals surface area contributed by atoms with Gasteiger partial charge in [0.2, 0.25) is 11.8 Å². The van der Waals surface area contributed by atoms with Crippen molar-refractivity contribution in [3.05, 3.63) is 18.6 Å². The van der Waals surface area contributed by atoms with Crippen molar-refractivity contribution in [2.45, 2.75) is 78.1 Å². The van der Waals surface area contributed by atoms with Crippen LogP contribution in [0.15, 0.2) is 18.6 Å². The molecular weight excluding hydrogens is 745 g/mol. The zero-order valence-corrected chi connectivity index (χ0v) is 30.9. The topological polar surface area (TPSA) is 345 Å². The van der Waals surface area contributed by atoms with Gasteiger partial charge in [0.15, 0.2) is 11.9 Å². The van der Waals surface area contributed by atoms with E-state index < -0.39 is 78.6 Å². The van der Waals surface area contributed by atoms with Crippen molar-refractivity contribution >= 4 is 52.1 Å². The summed E-state index contributed by atoms with van der Waals surface area (Å²) in [5, 5.41) is 26.3. The maximum Gasteiger partial charge on any atom is 0.274 e. The maximum atomic E-state index is 12.5. The zero-order chi connectivity index (χ0) is 38.6. The SMILES string of the molecule is CC(C)(C)CCNC(=O)CCNC(=O)[C@H](O)C(C)(C)COP(=O)([O-])OP(=O)([O-])OC[C@H]1O[C@@H](n2cnc3c(N)ccnc32)[C@@H](O)C1OP(=O)([O-])[O-]. The Bertz CT molecular complexity index is 1680. The Balaban J connectivity index is 1.56. The molecule has 3 unspecified atom stereocenters. The van der Waals surface area contributed by atoms with Crippen molar-refractivity contribution in [1.82, 2.24) is 25.2 Å². The number of phosphoric acid groups is 3. The van der Waals surface area contributed by atoms with Gasteiger partial charge in [0.05, 0.1) is 33.1 Å². The van der Waals surface area contributed by atoms with Gasteiger partial charge in [0.1, 0.15) is 29.9 Å². The fraction of sp³-hybridized carbons (Fsp3) is 0.692. The zero-order valence-electron chi connectivity index (χ0n) is 28.2. The number of amides is 2. The average Bonchev–Trinajstić information content (AvgIpc) is 3.54. The molecule has 0 bridgehead atoms. The fourth-order valence-corrected chi connectivity index (χ4v) is 7.31. The number of nitrogens with zero attached hydrogens (tertiary/aromatic N) is 3. The molecule has 3 heterocycles. The molecule has 0 spiro atoms. The Hall–Kier alpha value is -2.39. The Morgan fingerprint density at radius 3 is 2.33 bits per heavy atom. The molecule has 25 heteroatoms. The van der Waals surface area contributed by atoms with Gasteiger partial charge in [-0.15, -0.1) is 0 Å². The minimum Gasteiger partial charge on any atom is -0.790 e. The van der Waals surface area contributed by atoms with Crippen LogP contribution in [0.1, 0.15) is 53.7 Å². The van der Waals surface area contributed by atoms with E-state index in [1.807, 2.05) is 20.8 Å². The molecular formula is C26H41N6O16P3-4. The minimum absolute atomic E-state index is 0.00683. The second-order valence-corrected chi connectivity index (χ2v) is 17.5. The van der Waals surface area contributed by atoms with E-state index in [1.165, 1.54) is 26.1 Å². The number of carbonyl (C=O) groups excluding carboxylic acids is 2. The highest BCUT2D eigenvalue weighted by Gasteiger charge is 2.47. The summed E-state index contributed by atoms with van der Waals surface area (Å²) in [5.74, 6) is -1.31. The van der Waals surface area contributed by atoms with Crippen LogP contribution >= 0.6 is 23.5 Å². The number of carbonyl (C=O) groups is 2. The highest BCUT2D eigenvalue weighted by molar-refractivity contribution is 7.59. The molecule has 51 heavy (non-hydrogen) atoms. The van der Waals surface area contributed by atoms with Crippen LogP contribution < -0.4 is 35.9 Å². The van der Waals surface area contributed by atoms with Gasteiger partial charge in [-0.1, -0.05) is 34.6 Å². The van der Waals surface area contributed by atoms with Crippen LogP contribution in [0.4, 0.5) is 5.69 Å². The number of hydrogen-bond acceptors (Lipinski definition) is 19. The number of nitrogen functional groups attached to an aromatic ring is 1. The molecule has 6 N–H and O–H groups in total. The number of aliphatic hydroxyl groups is 2. The summed E-state index contributed by atoms with van der Waals surface area (Å²) >= 11 is 0. The molecule has 1 fully saturated rings. The number of hydrogen-bond donors (Lipinski definition) is 5. The number of phosphoric ester groups is 3. The Kier molecular flexibility index (Phi) is 14.1. The molecule has 0 saturated carbocycles. The predicted molar refractivity (Wildman–Crippen MR) is 167 cm³/mol. The van der Waals surface area contributed by atoms with Crippen LogP contribution in [0.5, 0.6) is 0 Å². The number of nitrogens with two attached hydrogens (primary N) is 1. The first kappa shape index (κ1) is 43.0. The summed E-state index contributed by atoms with van der Waals surface area (Å²) in [5.41, 5.74) is 4.60. The molecule has 0 aliphatic carbocycles. The molecule has 290 valence electrons. The number of aromatic nitrogens is 3. The minimum atomic E-state index is -5.88. The number of nitrogens with one attached hydrogen (secondary N) is 2. The van der Waals surface area contributed by atoms with Gasteiger partial charge >= 0.3 is 0 Å². The maximum absolute atomic E-state index is 12.5. The second-order valence-electron chi connectivity index (χ2n) is 13.4. The third kappa shape index (κ3) is 12.9. The van der Waals surface area contributed by atoms with Gasteiger partial charge in [0, 0.05) is 31.1 Å². The van der Waals surface area contributed by atoms with E-state index in [9.17, 15) is 53.1 Å². The van der Waals surface area contributed by atoms with Gasteiger partial charge < -0.3 is 69.0 Å². The normalized spacial score (nSPS) is 23.0. The number of pyridine rings is 1. The Morgan fingerprint density at radius 1 is 1.06 bits per heavy atom. The third-order valence-electron chi connectivity index (χ3n) is 7.35. The molecule has 0 aromatic carbocycles. The van der Waals surface area contributed by atoms with Crippen LogP contribution in [0.2, 0.25) is 0 Å². The number of aliphatic hydroxyl groups excluding tert-OH is 2. The van der Waals surface area contributed by atoms with Crippen LogP contribution in [0.25, 0.3) is 11.2 Å². The van der Waals surface area contributed by atoms with Crippen molar-refractivity contribution in [3.8, 4) is 0 Å². The number of rotatable bonds is 18. The second kappa shape index (κ2) is 16.7. The molecule has 22 nitrogen and oxygen atoms in total. The highest BCUT2D eigenvalue weighted by atomic mass is 31.3. The first-order valence-electron chi connectivity index (χ1n) is 15.3. The molecule has 2 aromatic rings. The predicted octanol–water partition coefficient (Wildman–Crippen LogP) is -2.08. The molecule has 1 saturated heterocycles. The van der Waals surface area contributed by atoms with Gasteiger partial charge in [-0.2, -0.15) is 0 Å². The van der Waals surface area contributed by atoms with Gasteiger partial charge in [-0.3, -0.25) is 23.3 Å². The van der Waals surface area contributed by atoms with Gasteiger partial charge in [0.25, 0.3) is 15.6 Å². The Labute approximate surface area is 292 Å². The summed E-state index contributed by atoms with van der Waals surface area (Å²) < 4.78 is 60.5. The van der Waals surface area contributed by atoms with Crippen molar-refractivity contribution in [1.29, 1.82) is 0 Å². The van der Waals surface area contributed by atoms with Crippen LogP contribution in [-0.2, 0) is 45.9 Å². The largest absolute Gasteiger partial charge is 0.790 e. The van der Waals surface area contributed by atoms with Gasteiger partial charge in [-0.25, -0.2) is 14.3 Å². The van der Waals surface area contributed by atoms with E-state index in [1.54, 1.807) is 0 Å². The fourth-order valence-electron chi connectivity index (χ4n) is 4.58. The molecule has 7 atom stereocenters. The van der Waals surface area contributed by atoms with E-state index >= 15 is 0 Å². The molecule has 3 rings (SSSR count). The summed E-state index contributed by atoms with van der Waals surface area (Å²) in [6.07, 6.45) is -6.28. The quantitative estimate of drug-likeness (QED) is 0.101. The summed E-state index contributed by atoms with van der Waals surface area (Å²) in [7, 11) is -17.5. The van der Waals surface area contributed by atoms with E-state index in [0.29, 0.717) is 6.54 Å². The van der Waals surface area contributed by atoms with Crippen molar-refractivity contribution in [3.63, 3.8) is 0 Å². The van der Waals surface area contributed by atoms with E-state index in [-0.39, 0.29) is 41.1 Å². The summed E-state index contributed by atoms with van der Waals surface area (Å²) in [6.45, 7) is 6.55. The molecule has 1 aliphatic rings. The van der Waals surface area contributed by atoms with Crippen LogP contribution in [-0.4, -0.2) is 87.3 Å². The lowest BCUT2D eigenvalue weighted by Gasteiger charge is -2.36. The summed E-state index contributed by atoms with van der Waals surface area (Å²) in [6, 6.07) is 1.42. The van der Waals surface area contributed by atoms with Crippen molar-refractivity contribution in [2.75, 3.05) is 32.0 Å². The smallest absolute Gasteiger partial charge is 0.274 e. The monoisotopic (exact) mass is 786 g/mol. The molecule has 1 aliphatic heterocycles. The average molecular weight is 787 g/mol. The first-order valence-corrected chi connectivity index (χ1v) is 19.6. The third-order valence-corrected chi connectivity index (χ3v) is 10.4. The number of anilines is 1. The van der Waals surface area contributed by atoms with Crippen LogP contribution in [0, 0.1) is 10.8 Å². The number of fused-ring (bicyclic) bond motifs is 1. The summed E-state index contributed by atoms with van der Waals surface area (Å²) in [4.78, 5) is 80.2. The van der Waals surface area contributed by atoms with E-state index in [0.717, 1.165) is 17.3 Å². The van der Waals surface area contributed by atoms with E-state index in [4.69, 9.17) is 10.5 Å². The lowest BCUT2D eigenvalue weighted by molar-refractivity contribution is -0.347. The first-order chi connectivity index (χ1) is 23.3. The number of ether oxygens (including phenoxy) is 1. The lowest BCUT2D eigenvalue weighted by Crippen LogP contribution is -2.46. The molecule has 2 amide bonds. The Morgan fingerprint density at radius 2 is 1.71 bits per heavy atom.